The van der Waals surface area contributed by atoms with Crippen molar-refractivity contribution in [3.8, 4) is 0 Å². The van der Waals surface area contributed by atoms with Gasteiger partial charge in [0.15, 0.2) is 0 Å². The molecule has 0 radical (unpaired) electrons. The first kappa shape index (κ1) is 17.8. The van der Waals surface area contributed by atoms with E-state index in [0.717, 1.165) is 51.2 Å². The number of rotatable bonds is 5. The molecule has 1 N–H and O–H groups in total. The fourth-order valence-electron chi connectivity index (χ4n) is 4.14. The third kappa shape index (κ3) is 3.98. The van der Waals surface area contributed by atoms with Crippen LogP contribution >= 0.6 is 11.8 Å². The molecular weight excluding hydrogens is 324 g/mol. The topological polar surface area (TPSA) is 56.9 Å². The molecule has 6 heteroatoms. The Labute approximate surface area is 148 Å². The second-order valence-electron chi connectivity index (χ2n) is 7.17. The largest absolute Gasteiger partial charge is 0.472 e. The Hall–Kier alpha value is -0.980. The number of aliphatic hydroxyl groups is 1. The predicted octanol–water partition coefficient (Wildman–Crippen LogP) is 2.21. The van der Waals surface area contributed by atoms with Crippen molar-refractivity contribution < 1.29 is 14.3 Å². The molecule has 3 rings (SSSR count). The molecule has 2 aliphatic rings. The maximum absolute atomic E-state index is 12.4. The molecule has 5 nitrogen and oxygen atoms in total. The Morgan fingerprint density at radius 2 is 2.33 bits per heavy atom. The van der Waals surface area contributed by atoms with Crippen molar-refractivity contribution in [1.82, 2.24) is 9.80 Å². The summed E-state index contributed by atoms with van der Waals surface area (Å²) in [5.41, 5.74) is 1.00. The van der Waals surface area contributed by atoms with Crippen LogP contribution in [0.15, 0.2) is 23.0 Å². The first-order valence-corrected chi connectivity index (χ1v) is 10.2. The molecule has 0 unspecified atom stereocenters. The van der Waals surface area contributed by atoms with Crippen molar-refractivity contribution in [2.24, 2.45) is 5.41 Å². The average Bonchev–Trinajstić information content (AvgIpc) is 3.09. The highest BCUT2D eigenvalue weighted by molar-refractivity contribution is 7.98. The first-order valence-electron chi connectivity index (χ1n) is 8.81. The standard InChI is InChI=1S/C18H28N2O3S/c1-24-10-5-17(22)20-7-2-6-18(14-20)13-19(8-3-16(18)21)11-15-4-9-23-12-15/h4,9,12,16,21H,2-3,5-8,10-11,13-14H2,1H3/t16-,18-/m1/s1. The van der Waals surface area contributed by atoms with Crippen molar-refractivity contribution in [2.45, 2.75) is 38.3 Å². The van der Waals surface area contributed by atoms with Gasteiger partial charge in [-0.1, -0.05) is 0 Å². The summed E-state index contributed by atoms with van der Waals surface area (Å²) in [7, 11) is 0. The lowest BCUT2D eigenvalue weighted by atomic mass is 9.71. The number of thioether (sulfide) groups is 1. The molecule has 2 fully saturated rings. The smallest absolute Gasteiger partial charge is 0.223 e. The molecule has 0 bridgehead atoms. The number of amides is 1. The van der Waals surface area contributed by atoms with Crippen LogP contribution in [-0.4, -0.2) is 65.1 Å². The number of aliphatic hydroxyl groups excluding tert-OH is 1. The van der Waals surface area contributed by atoms with Crippen LogP contribution in [0.5, 0.6) is 0 Å². The minimum Gasteiger partial charge on any atom is -0.472 e. The molecule has 1 spiro atoms. The zero-order chi connectivity index (χ0) is 17.0. The van der Waals surface area contributed by atoms with Gasteiger partial charge in [0, 0.05) is 55.9 Å². The normalized spacial score (nSPS) is 28.4. The summed E-state index contributed by atoms with van der Waals surface area (Å²) < 4.78 is 5.17. The van der Waals surface area contributed by atoms with Crippen molar-refractivity contribution in [1.29, 1.82) is 0 Å². The highest BCUT2D eigenvalue weighted by Crippen LogP contribution is 2.39. The van der Waals surface area contributed by atoms with Crippen molar-refractivity contribution >= 4 is 17.7 Å². The van der Waals surface area contributed by atoms with Gasteiger partial charge in [-0.3, -0.25) is 9.69 Å². The fraction of sp³-hybridized carbons (Fsp3) is 0.722. The molecule has 1 amide bonds. The molecule has 2 aliphatic heterocycles. The summed E-state index contributed by atoms with van der Waals surface area (Å²) in [6.07, 6.45) is 8.59. The maximum Gasteiger partial charge on any atom is 0.223 e. The molecule has 1 aromatic heterocycles. The van der Waals surface area contributed by atoms with Gasteiger partial charge in [0.1, 0.15) is 0 Å². The molecular formula is C18H28N2O3S. The number of nitrogens with zero attached hydrogens (tertiary/aromatic N) is 2. The van der Waals surface area contributed by atoms with E-state index >= 15 is 0 Å². The van der Waals surface area contributed by atoms with Crippen LogP contribution < -0.4 is 0 Å². The third-order valence-electron chi connectivity index (χ3n) is 5.43. The third-order valence-corrected chi connectivity index (χ3v) is 6.04. The highest BCUT2D eigenvalue weighted by Gasteiger charge is 2.46. The lowest BCUT2D eigenvalue weighted by Crippen LogP contribution is -2.59. The molecule has 0 saturated carbocycles. The number of hydrogen-bond donors (Lipinski definition) is 1. The number of likely N-dealkylation sites (tertiary alicyclic amines) is 2. The zero-order valence-electron chi connectivity index (χ0n) is 14.4. The second-order valence-corrected chi connectivity index (χ2v) is 8.16. The molecule has 2 saturated heterocycles. The lowest BCUT2D eigenvalue weighted by molar-refractivity contribution is -0.141. The second kappa shape index (κ2) is 7.93. The highest BCUT2D eigenvalue weighted by atomic mass is 32.2. The number of piperidine rings is 2. The molecule has 2 atom stereocenters. The number of carbonyl (C=O) groups is 1. The Kier molecular flexibility index (Phi) is 5.89. The monoisotopic (exact) mass is 352 g/mol. The summed E-state index contributed by atoms with van der Waals surface area (Å²) in [4.78, 5) is 16.8. The summed E-state index contributed by atoms with van der Waals surface area (Å²) >= 11 is 1.71. The van der Waals surface area contributed by atoms with Gasteiger partial charge in [-0.2, -0.15) is 11.8 Å². The molecule has 0 aromatic carbocycles. The van der Waals surface area contributed by atoms with Crippen LogP contribution in [0, 0.1) is 5.41 Å². The zero-order valence-corrected chi connectivity index (χ0v) is 15.3. The van der Waals surface area contributed by atoms with Crippen LogP contribution in [0.3, 0.4) is 0 Å². The van der Waals surface area contributed by atoms with E-state index in [1.165, 1.54) is 5.56 Å². The van der Waals surface area contributed by atoms with Gasteiger partial charge in [-0.25, -0.2) is 0 Å². The van der Waals surface area contributed by atoms with Gasteiger partial charge in [-0.05, 0) is 31.6 Å². The first-order chi connectivity index (χ1) is 11.6. The number of furan rings is 1. The van der Waals surface area contributed by atoms with E-state index in [2.05, 4.69) is 4.90 Å². The van der Waals surface area contributed by atoms with E-state index in [1.54, 1.807) is 24.3 Å². The van der Waals surface area contributed by atoms with Crippen LogP contribution in [-0.2, 0) is 11.3 Å². The summed E-state index contributed by atoms with van der Waals surface area (Å²) in [5, 5.41) is 10.7. The maximum atomic E-state index is 12.4. The van der Waals surface area contributed by atoms with Crippen LogP contribution in [0.25, 0.3) is 0 Å². The Morgan fingerprint density at radius 1 is 1.46 bits per heavy atom. The Balaban J connectivity index is 1.65. The number of hydrogen-bond acceptors (Lipinski definition) is 5. The SMILES string of the molecule is CSCCC(=O)N1CCC[C@@]2(CN(Cc3ccoc3)CC[C@H]2O)C1. The van der Waals surface area contributed by atoms with Gasteiger partial charge in [0.05, 0.1) is 18.6 Å². The van der Waals surface area contributed by atoms with E-state index in [1.807, 2.05) is 17.2 Å². The fourth-order valence-corrected chi connectivity index (χ4v) is 4.52. The Morgan fingerprint density at radius 3 is 3.08 bits per heavy atom. The minimum absolute atomic E-state index is 0.171. The van der Waals surface area contributed by atoms with Crippen molar-refractivity contribution in [2.75, 3.05) is 38.2 Å². The van der Waals surface area contributed by atoms with E-state index in [0.29, 0.717) is 13.0 Å². The van der Waals surface area contributed by atoms with Gasteiger partial charge >= 0.3 is 0 Å². The Bertz CT molecular complexity index is 536. The van der Waals surface area contributed by atoms with E-state index in [4.69, 9.17) is 4.42 Å². The summed E-state index contributed by atoms with van der Waals surface area (Å²) in [6.45, 7) is 4.14. The van der Waals surface area contributed by atoms with Crippen LogP contribution in [0.4, 0.5) is 0 Å². The summed E-state index contributed by atoms with van der Waals surface area (Å²) in [6, 6.07) is 2.00. The van der Waals surface area contributed by atoms with Gasteiger partial charge < -0.3 is 14.4 Å². The van der Waals surface area contributed by atoms with E-state index < -0.39 is 0 Å². The lowest BCUT2D eigenvalue weighted by Gasteiger charge is -2.51. The number of carbonyl (C=O) groups excluding carboxylic acids is 1. The molecule has 0 aliphatic carbocycles. The average molecular weight is 353 g/mol. The van der Waals surface area contributed by atoms with Crippen LogP contribution in [0.2, 0.25) is 0 Å². The van der Waals surface area contributed by atoms with Crippen molar-refractivity contribution in [3.05, 3.63) is 24.2 Å². The summed E-state index contributed by atoms with van der Waals surface area (Å²) in [5.74, 6) is 1.11. The van der Waals surface area contributed by atoms with Crippen molar-refractivity contribution in [3.63, 3.8) is 0 Å². The van der Waals surface area contributed by atoms with E-state index in [-0.39, 0.29) is 17.4 Å². The minimum atomic E-state index is -0.311. The van der Waals surface area contributed by atoms with Gasteiger partial charge in [0.2, 0.25) is 5.91 Å². The quantitative estimate of drug-likeness (QED) is 0.880. The molecule has 3 heterocycles. The molecule has 24 heavy (non-hydrogen) atoms. The molecule has 1 aromatic rings. The van der Waals surface area contributed by atoms with Gasteiger partial charge in [0.25, 0.3) is 0 Å². The van der Waals surface area contributed by atoms with Crippen LogP contribution in [0.1, 0.15) is 31.2 Å². The van der Waals surface area contributed by atoms with Gasteiger partial charge in [-0.15, -0.1) is 0 Å². The van der Waals surface area contributed by atoms with E-state index in [9.17, 15) is 9.90 Å². The predicted molar refractivity (Wildman–Crippen MR) is 95.9 cm³/mol. The molecule has 134 valence electrons.